The normalized spacial score (nSPS) is 10.9. The minimum Gasteiger partial charge on any atom is -0.370 e. The van der Waals surface area contributed by atoms with Crippen molar-refractivity contribution < 1.29 is 0 Å². The summed E-state index contributed by atoms with van der Waals surface area (Å²) in [6.45, 7) is 4.73. The molecule has 2 aromatic heterocycles. The second-order valence-corrected chi connectivity index (χ2v) is 3.70. The van der Waals surface area contributed by atoms with Crippen molar-refractivity contribution in [2.45, 2.75) is 26.7 Å². The Kier molecular flexibility index (Phi) is 2.89. The van der Waals surface area contributed by atoms with Gasteiger partial charge >= 0.3 is 0 Å². The van der Waals surface area contributed by atoms with E-state index in [2.05, 4.69) is 27.3 Å². The van der Waals surface area contributed by atoms with Crippen LogP contribution in [-0.4, -0.2) is 26.1 Å². The molecular formula is C10H15N5O. The van der Waals surface area contributed by atoms with Gasteiger partial charge in [-0.3, -0.25) is 9.89 Å². The fraction of sp³-hybridized carbons (Fsp3) is 0.500. The van der Waals surface area contributed by atoms with Crippen molar-refractivity contribution in [3.8, 4) is 0 Å². The Labute approximate surface area is 92.7 Å². The van der Waals surface area contributed by atoms with Crippen LogP contribution in [0.4, 0.5) is 5.82 Å². The van der Waals surface area contributed by atoms with Gasteiger partial charge in [-0.25, -0.2) is 0 Å². The van der Waals surface area contributed by atoms with Crippen LogP contribution in [0, 0.1) is 6.92 Å². The molecule has 0 aromatic carbocycles. The third kappa shape index (κ3) is 2.05. The van der Waals surface area contributed by atoms with Gasteiger partial charge in [-0.05, 0) is 13.3 Å². The van der Waals surface area contributed by atoms with Crippen molar-refractivity contribution in [3.05, 3.63) is 22.2 Å². The number of hydrogen-bond donors (Lipinski definition) is 2. The summed E-state index contributed by atoms with van der Waals surface area (Å²) in [5, 5.41) is 5.93. The maximum atomic E-state index is 11.7. The molecule has 0 fully saturated rings. The minimum absolute atomic E-state index is 0.149. The Morgan fingerprint density at radius 3 is 3.06 bits per heavy atom. The number of aromatic nitrogens is 4. The fourth-order valence-corrected chi connectivity index (χ4v) is 1.47. The van der Waals surface area contributed by atoms with Crippen molar-refractivity contribution in [2.75, 3.05) is 11.9 Å². The molecule has 0 aliphatic rings. The van der Waals surface area contributed by atoms with Crippen LogP contribution in [-0.2, 0) is 0 Å². The van der Waals surface area contributed by atoms with E-state index in [1.807, 2.05) is 0 Å². The van der Waals surface area contributed by atoms with Gasteiger partial charge in [-0.1, -0.05) is 13.3 Å². The second-order valence-electron chi connectivity index (χ2n) is 3.70. The van der Waals surface area contributed by atoms with Gasteiger partial charge in [-0.15, -0.1) is 0 Å². The number of nitrogens with one attached hydrogen (secondary N) is 2. The number of rotatable bonds is 4. The SMILES string of the molecule is CCCCNc1cc(=O)n2[nH]c(C)nc2n1. The number of fused-ring (bicyclic) bond motifs is 1. The molecule has 2 N–H and O–H groups in total. The number of aryl methyl sites for hydroxylation is 1. The van der Waals surface area contributed by atoms with Crippen molar-refractivity contribution in [3.63, 3.8) is 0 Å². The second kappa shape index (κ2) is 4.34. The molecule has 0 aliphatic heterocycles. The van der Waals surface area contributed by atoms with Gasteiger partial charge in [0.15, 0.2) is 0 Å². The third-order valence-electron chi connectivity index (χ3n) is 2.28. The van der Waals surface area contributed by atoms with Crippen molar-refractivity contribution >= 4 is 11.6 Å². The maximum Gasteiger partial charge on any atom is 0.276 e. The molecule has 86 valence electrons. The highest BCUT2D eigenvalue weighted by Gasteiger charge is 2.04. The largest absolute Gasteiger partial charge is 0.370 e. The fourth-order valence-electron chi connectivity index (χ4n) is 1.47. The first-order valence-electron chi connectivity index (χ1n) is 5.41. The van der Waals surface area contributed by atoms with E-state index in [1.54, 1.807) is 6.92 Å². The lowest BCUT2D eigenvalue weighted by atomic mass is 10.3. The molecule has 2 rings (SSSR count). The molecule has 0 spiro atoms. The Bertz CT molecular complexity index is 542. The van der Waals surface area contributed by atoms with Crippen LogP contribution in [0.2, 0.25) is 0 Å². The van der Waals surface area contributed by atoms with Gasteiger partial charge in [0.2, 0.25) is 0 Å². The molecular weight excluding hydrogens is 206 g/mol. The summed E-state index contributed by atoms with van der Waals surface area (Å²) >= 11 is 0. The van der Waals surface area contributed by atoms with Crippen LogP contribution in [0.15, 0.2) is 10.9 Å². The van der Waals surface area contributed by atoms with Crippen LogP contribution in [0.5, 0.6) is 0 Å². The predicted molar refractivity (Wildman–Crippen MR) is 61.7 cm³/mol. The molecule has 0 radical (unpaired) electrons. The van der Waals surface area contributed by atoms with Gasteiger partial charge < -0.3 is 5.32 Å². The number of anilines is 1. The first-order chi connectivity index (χ1) is 7.70. The average Bonchev–Trinajstić information content (AvgIpc) is 2.60. The predicted octanol–water partition coefficient (Wildman–Crippen LogP) is 0.938. The summed E-state index contributed by atoms with van der Waals surface area (Å²) < 4.78 is 1.33. The zero-order chi connectivity index (χ0) is 11.5. The summed E-state index contributed by atoms with van der Waals surface area (Å²) in [4.78, 5) is 20.0. The molecule has 2 aromatic rings. The van der Waals surface area contributed by atoms with E-state index in [9.17, 15) is 4.79 Å². The smallest absolute Gasteiger partial charge is 0.276 e. The molecule has 6 nitrogen and oxygen atoms in total. The molecule has 0 saturated heterocycles. The highest BCUT2D eigenvalue weighted by atomic mass is 16.1. The lowest BCUT2D eigenvalue weighted by Crippen LogP contribution is -2.16. The molecule has 0 bridgehead atoms. The number of hydrogen-bond acceptors (Lipinski definition) is 4. The first-order valence-corrected chi connectivity index (χ1v) is 5.41. The quantitative estimate of drug-likeness (QED) is 0.753. The molecule has 0 aliphatic carbocycles. The van der Waals surface area contributed by atoms with Gasteiger partial charge in [-0.2, -0.15) is 14.5 Å². The Morgan fingerprint density at radius 2 is 2.31 bits per heavy atom. The summed E-state index contributed by atoms with van der Waals surface area (Å²) in [5.74, 6) is 1.67. The lowest BCUT2D eigenvalue weighted by Gasteiger charge is -2.03. The molecule has 0 atom stereocenters. The van der Waals surface area contributed by atoms with Crippen molar-refractivity contribution in [2.24, 2.45) is 0 Å². The van der Waals surface area contributed by atoms with Gasteiger partial charge in [0, 0.05) is 12.6 Å². The molecule has 16 heavy (non-hydrogen) atoms. The maximum absolute atomic E-state index is 11.7. The highest BCUT2D eigenvalue weighted by Crippen LogP contribution is 2.02. The minimum atomic E-state index is -0.149. The molecule has 0 unspecified atom stereocenters. The molecule has 2 heterocycles. The van der Waals surface area contributed by atoms with Gasteiger partial charge in [0.05, 0.1) is 0 Å². The van der Waals surface area contributed by atoms with Crippen LogP contribution in [0.3, 0.4) is 0 Å². The lowest BCUT2D eigenvalue weighted by molar-refractivity contribution is 0.826. The van der Waals surface area contributed by atoms with E-state index in [-0.39, 0.29) is 5.56 Å². The number of H-pyrrole nitrogens is 1. The van der Waals surface area contributed by atoms with Crippen LogP contribution in [0.25, 0.3) is 5.78 Å². The zero-order valence-electron chi connectivity index (χ0n) is 9.45. The van der Waals surface area contributed by atoms with Crippen molar-refractivity contribution in [1.29, 1.82) is 0 Å². The number of unbranched alkanes of at least 4 members (excludes halogenated alkanes) is 1. The Balaban J connectivity index is 2.30. The van der Waals surface area contributed by atoms with Crippen molar-refractivity contribution in [1.82, 2.24) is 19.6 Å². The topological polar surface area (TPSA) is 75.1 Å². The molecule has 6 heteroatoms. The summed E-state index contributed by atoms with van der Waals surface area (Å²) in [6, 6.07) is 1.47. The molecule has 0 amide bonds. The number of nitrogens with zero attached hydrogens (tertiary/aromatic N) is 3. The first kappa shape index (κ1) is 10.7. The van der Waals surface area contributed by atoms with E-state index in [0.29, 0.717) is 17.4 Å². The van der Waals surface area contributed by atoms with E-state index in [1.165, 1.54) is 10.6 Å². The van der Waals surface area contributed by atoms with Gasteiger partial charge in [0.25, 0.3) is 11.3 Å². The zero-order valence-corrected chi connectivity index (χ0v) is 9.45. The average molecular weight is 221 g/mol. The highest BCUT2D eigenvalue weighted by molar-refractivity contribution is 5.41. The molecule has 0 saturated carbocycles. The van der Waals surface area contributed by atoms with Gasteiger partial charge in [0.1, 0.15) is 11.6 Å². The number of aromatic amines is 1. The Hall–Kier alpha value is -1.85. The van der Waals surface area contributed by atoms with E-state index >= 15 is 0 Å². The summed E-state index contributed by atoms with van der Waals surface area (Å²) in [6.07, 6.45) is 2.16. The van der Waals surface area contributed by atoms with E-state index in [0.717, 1.165) is 19.4 Å². The van der Waals surface area contributed by atoms with Crippen LogP contribution in [0.1, 0.15) is 25.6 Å². The summed E-state index contributed by atoms with van der Waals surface area (Å²) in [7, 11) is 0. The Morgan fingerprint density at radius 1 is 1.50 bits per heavy atom. The van der Waals surface area contributed by atoms with Crippen LogP contribution < -0.4 is 10.9 Å². The summed E-state index contributed by atoms with van der Waals surface area (Å²) in [5.41, 5.74) is -0.149. The van der Waals surface area contributed by atoms with E-state index < -0.39 is 0 Å². The van der Waals surface area contributed by atoms with E-state index in [4.69, 9.17) is 0 Å². The third-order valence-corrected chi connectivity index (χ3v) is 2.28. The monoisotopic (exact) mass is 221 g/mol. The van der Waals surface area contributed by atoms with Crippen LogP contribution >= 0.6 is 0 Å². The standard InChI is InChI=1S/C10H15N5O/c1-3-4-5-11-8-6-9(16)15-10(13-8)12-7(2)14-15/h6,11H,3-5H2,1-2H3,(H,12,13,14).